The second-order valence-electron chi connectivity index (χ2n) is 7.41. The first-order valence-electron chi connectivity index (χ1n) is 9.82. The maximum absolute atomic E-state index is 12.7. The van der Waals surface area contributed by atoms with Crippen LogP contribution >= 0.6 is 0 Å². The molecular formula is C23H26N2O4. The number of nitrogens with zero attached hydrogens (tertiary/aromatic N) is 1. The van der Waals surface area contributed by atoms with Crippen molar-refractivity contribution in [1.29, 1.82) is 0 Å². The molecule has 2 amide bonds. The van der Waals surface area contributed by atoms with Gasteiger partial charge in [-0.3, -0.25) is 19.3 Å². The summed E-state index contributed by atoms with van der Waals surface area (Å²) in [6.45, 7) is 7.34. The van der Waals surface area contributed by atoms with Crippen LogP contribution in [0.2, 0.25) is 0 Å². The van der Waals surface area contributed by atoms with Gasteiger partial charge in [0.1, 0.15) is 12.3 Å². The highest BCUT2D eigenvalue weighted by Crippen LogP contribution is 2.35. The van der Waals surface area contributed by atoms with Gasteiger partial charge in [0.05, 0.1) is 5.69 Å². The predicted molar refractivity (Wildman–Crippen MR) is 113 cm³/mol. The molecule has 2 aromatic rings. The number of rotatable bonds is 6. The van der Waals surface area contributed by atoms with Gasteiger partial charge in [0.25, 0.3) is 5.91 Å². The van der Waals surface area contributed by atoms with Crippen LogP contribution in [0.3, 0.4) is 0 Å². The third-order valence-electron chi connectivity index (χ3n) is 4.92. The van der Waals surface area contributed by atoms with Gasteiger partial charge >= 0.3 is 0 Å². The molecule has 2 aromatic carbocycles. The van der Waals surface area contributed by atoms with Gasteiger partial charge in [0, 0.05) is 17.7 Å². The summed E-state index contributed by atoms with van der Waals surface area (Å²) >= 11 is 0. The van der Waals surface area contributed by atoms with Crippen LogP contribution in [0.4, 0.5) is 11.4 Å². The second-order valence-corrected chi connectivity index (χ2v) is 7.41. The number of fused-ring (bicyclic) bond motifs is 1. The molecule has 0 bridgehead atoms. The molecule has 1 aliphatic rings. The van der Waals surface area contributed by atoms with Crippen molar-refractivity contribution in [3.8, 4) is 5.75 Å². The zero-order valence-electron chi connectivity index (χ0n) is 17.2. The summed E-state index contributed by atoms with van der Waals surface area (Å²) in [6.07, 6.45) is 0.468. The van der Waals surface area contributed by atoms with E-state index < -0.39 is 6.10 Å². The third-order valence-corrected chi connectivity index (χ3v) is 4.92. The van der Waals surface area contributed by atoms with E-state index >= 15 is 0 Å². The van der Waals surface area contributed by atoms with E-state index in [0.717, 1.165) is 17.5 Å². The lowest BCUT2D eigenvalue weighted by Gasteiger charge is -2.33. The smallest absolute Gasteiger partial charge is 0.268 e. The van der Waals surface area contributed by atoms with Gasteiger partial charge < -0.3 is 10.1 Å². The average Bonchev–Trinajstić information content (AvgIpc) is 2.67. The SMILES string of the molecule is CCCC(=O)c1ccc2c(c1)N(CC(=O)Nc1ccc(C)cc1C)C(=O)C(C)O2. The number of benzene rings is 2. The summed E-state index contributed by atoms with van der Waals surface area (Å²) in [6, 6.07) is 10.8. The number of hydrogen-bond donors (Lipinski definition) is 1. The fourth-order valence-corrected chi connectivity index (χ4v) is 3.40. The van der Waals surface area contributed by atoms with Crippen molar-refractivity contribution >= 4 is 29.0 Å². The normalized spacial score (nSPS) is 15.5. The van der Waals surface area contributed by atoms with Crippen LogP contribution in [0.25, 0.3) is 0 Å². The third kappa shape index (κ3) is 4.47. The molecule has 152 valence electrons. The lowest BCUT2D eigenvalue weighted by atomic mass is 10.0. The number of carbonyl (C=O) groups excluding carboxylic acids is 3. The van der Waals surface area contributed by atoms with Crippen molar-refractivity contribution in [3.63, 3.8) is 0 Å². The van der Waals surface area contributed by atoms with E-state index in [2.05, 4.69) is 5.32 Å². The quantitative estimate of drug-likeness (QED) is 0.751. The molecule has 0 radical (unpaired) electrons. The lowest BCUT2D eigenvalue weighted by molar-refractivity contribution is -0.127. The van der Waals surface area contributed by atoms with Crippen molar-refractivity contribution < 1.29 is 19.1 Å². The summed E-state index contributed by atoms with van der Waals surface area (Å²) in [5.41, 5.74) is 3.73. The molecule has 0 aliphatic carbocycles. The van der Waals surface area contributed by atoms with Crippen molar-refractivity contribution in [2.24, 2.45) is 0 Å². The molecule has 0 saturated heterocycles. The number of hydrogen-bond acceptors (Lipinski definition) is 4. The first-order chi connectivity index (χ1) is 13.8. The van der Waals surface area contributed by atoms with Crippen molar-refractivity contribution in [1.82, 2.24) is 0 Å². The van der Waals surface area contributed by atoms with Crippen molar-refractivity contribution in [3.05, 3.63) is 53.1 Å². The number of Topliss-reactive ketones (excluding diaryl/α,β-unsaturated/α-hetero) is 1. The predicted octanol–water partition coefficient (Wildman–Crippen LogP) is 4.04. The van der Waals surface area contributed by atoms with E-state index in [1.54, 1.807) is 25.1 Å². The Morgan fingerprint density at radius 2 is 1.90 bits per heavy atom. The molecule has 3 rings (SSSR count). The molecule has 1 unspecified atom stereocenters. The average molecular weight is 394 g/mol. The maximum Gasteiger partial charge on any atom is 0.268 e. The van der Waals surface area contributed by atoms with Crippen LogP contribution in [0.5, 0.6) is 5.75 Å². The van der Waals surface area contributed by atoms with Gasteiger partial charge in [0.15, 0.2) is 11.9 Å². The van der Waals surface area contributed by atoms with Gasteiger partial charge in [0.2, 0.25) is 5.91 Å². The number of ketones is 1. The molecule has 1 aliphatic heterocycles. The van der Waals surface area contributed by atoms with E-state index in [4.69, 9.17) is 4.74 Å². The Kier molecular flexibility index (Phi) is 6.01. The van der Waals surface area contributed by atoms with E-state index in [9.17, 15) is 14.4 Å². The molecule has 0 aromatic heterocycles. The number of anilines is 2. The topological polar surface area (TPSA) is 75.7 Å². The van der Waals surface area contributed by atoms with Crippen molar-refractivity contribution in [2.75, 3.05) is 16.8 Å². The molecule has 1 heterocycles. The van der Waals surface area contributed by atoms with Crippen LogP contribution in [-0.4, -0.2) is 30.2 Å². The number of aryl methyl sites for hydroxylation is 2. The van der Waals surface area contributed by atoms with Crippen LogP contribution in [0, 0.1) is 13.8 Å². The molecule has 0 saturated carbocycles. The van der Waals surface area contributed by atoms with Crippen LogP contribution in [0.1, 0.15) is 48.2 Å². The van der Waals surface area contributed by atoms with Gasteiger partial charge in [-0.05, 0) is 57.0 Å². The minimum Gasteiger partial charge on any atom is -0.479 e. The Balaban J connectivity index is 1.86. The Labute approximate surface area is 170 Å². The van der Waals surface area contributed by atoms with E-state index in [1.165, 1.54) is 4.90 Å². The molecule has 6 nitrogen and oxygen atoms in total. The zero-order valence-corrected chi connectivity index (χ0v) is 17.2. The largest absolute Gasteiger partial charge is 0.479 e. The summed E-state index contributed by atoms with van der Waals surface area (Å²) in [5, 5.41) is 2.87. The fourth-order valence-electron chi connectivity index (χ4n) is 3.40. The van der Waals surface area contributed by atoms with Gasteiger partial charge in [-0.2, -0.15) is 0 Å². The standard InChI is InChI=1S/C23H26N2O4/c1-5-6-20(26)17-8-10-21-19(12-17)25(23(28)16(4)29-21)13-22(27)24-18-9-7-14(2)11-15(18)3/h7-12,16H,5-6,13H2,1-4H3,(H,24,27). The monoisotopic (exact) mass is 394 g/mol. The summed E-state index contributed by atoms with van der Waals surface area (Å²) < 4.78 is 5.67. The van der Waals surface area contributed by atoms with E-state index in [1.807, 2.05) is 39.0 Å². The summed E-state index contributed by atoms with van der Waals surface area (Å²) in [7, 11) is 0. The van der Waals surface area contributed by atoms with Gasteiger partial charge in [-0.1, -0.05) is 24.6 Å². The number of ether oxygens (including phenoxy) is 1. The first-order valence-corrected chi connectivity index (χ1v) is 9.82. The minimum atomic E-state index is -0.700. The number of amides is 2. The Morgan fingerprint density at radius 1 is 1.14 bits per heavy atom. The van der Waals surface area contributed by atoms with Gasteiger partial charge in [-0.25, -0.2) is 0 Å². The molecule has 1 N–H and O–H groups in total. The molecule has 0 spiro atoms. The van der Waals surface area contributed by atoms with Crippen LogP contribution < -0.4 is 15.0 Å². The Bertz CT molecular complexity index is 967. The van der Waals surface area contributed by atoms with E-state index in [0.29, 0.717) is 29.1 Å². The lowest BCUT2D eigenvalue weighted by Crippen LogP contribution is -2.47. The minimum absolute atomic E-state index is 0.000975. The molecule has 6 heteroatoms. The highest BCUT2D eigenvalue weighted by Gasteiger charge is 2.33. The molecular weight excluding hydrogens is 368 g/mol. The van der Waals surface area contributed by atoms with E-state index in [-0.39, 0.29) is 24.1 Å². The fraction of sp³-hybridized carbons (Fsp3) is 0.348. The summed E-state index contributed by atoms with van der Waals surface area (Å²) in [5.74, 6) is -0.130. The molecule has 29 heavy (non-hydrogen) atoms. The number of nitrogens with one attached hydrogen (secondary N) is 1. The molecule has 1 atom stereocenters. The first kappa shape index (κ1) is 20.6. The van der Waals surface area contributed by atoms with Crippen LogP contribution in [-0.2, 0) is 9.59 Å². The highest BCUT2D eigenvalue weighted by atomic mass is 16.5. The van der Waals surface area contributed by atoms with Crippen LogP contribution in [0.15, 0.2) is 36.4 Å². The maximum atomic E-state index is 12.7. The zero-order chi connectivity index (χ0) is 21.1. The van der Waals surface area contributed by atoms with Gasteiger partial charge in [-0.15, -0.1) is 0 Å². The van der Waals surface area contributed by atoms with Crippen molar-refractivity contribution in [2.45, 2.75) is 46.6 Å². The highest BCUT2D eigenvalue weighted by molar-refractivity contribution is 6.07. The Hall–Kier alpha value is -3.15. The second kappa shape index (κ2) is 8.47. The molecule has 0 fully saturated rings. The summed E-state index contributed by atoms with van der Waals surface area (Å²) in [4.78, 5) is 39.1. The number of carbonyl (C=O) groups is 3. The Morgan fingerprint density at radius 3 is 2.59 bits per heavy atom.